The van der Waals surface area contributed by atoms with Crippen LogP contribution in [0.5, 0.6) is 0 Å². The van der Waals surface area contributed by atoms with Crippen LogP contribution in [-0.4, -0.2) is 11.1 Å². The topological polar surface area (TPSA) is 63.3 Å². The van der Waals surface area contributed by atoms with Crippen LogP contribution in [0.2, 0.25) is 0 Å². The summed E-state index contributed by atoms with van der Waals surface area (Å²) >= 11 is 0. The molecule has 3 heteroatoms. The zero-order chi connectivity index (χ0) is 13.0. The molecule has 0 aliphatic carbocycles. The van der Waals surface area contributed by atoms with Crippen molar-refractivity contribution in [3.63, 3.8) is 0 Å². The highest BCUT2D eigenvalue weighted by molar-refractivity contribution is 5.68. The van der Waals surface area contributed by atoms with Crippen molar-refractivity contribution in [3.8, 4) is 0 Å². The lowest BCUT2D eigenvalue weighted by Crippen LogP contribution is -2.17. The molecule has 0 spiro atoms. The van der Waals surface area contributed by atoms with E-state index in [9.17, 15) is 4.79 Å². The van der Waals surface area contributed by atoms with Gasteiger partial charge in [0.25, 0.3) is 0 Å². The molecule has 0 radical (unpaired) electrons. The zero-order valence-corrected chi connectivity index (χ0v) is 10.7. The molecule has 3 nitrogen and oxygen atoms in total. The van der Waals surface area contributed by atoms with E-state index in [2.05, 4.69) is 32.9 Å². The summed E-state index contributed by atoms with van der Waals surface area (Å²) in [6.45, 7) is 6.27. The summed E-state index contributed by atoms with van der Waals surface area (Å²) in [5.41, 5.74) is 9.30. The third-order valence-corrected chi connectivity index (χ3v) is 2.98. The lowest BCUT2D eigenvalue weighted by molar-refractivity contribution is -0.137. The molecule has 0 aliphatic heterocycles. The molecule has 0 aliphatic rings. The summed E-state index contributed by atoms with van der Waals surface area (Å²) in [5, 5.41) is 8.82. The van der Waals surface area contributed by atoms with Crippen LogP contribution in [0.25, 0.3) is 0 Å². The van der Waals surface area contributed by atoms with Gasteiger partial charge in [0, 0.05) is 6.04 Å². The Kier molecular flexibility index (Phi) is 4.70. The average Bonchev–Trinajstić information content (AvgIpc) is 2.27. The van der Waals surface area contributed by atoms with Crippen LogP contribution in [0.15, 0.2) is 18.2 Å². The zero-order valence-electron chi connectivity index (χ0n) is 10.7. The predicted molar refractivity (Wildman–Crippen MR) is 69.1 cm³/mol. The number of aliphatic carboxylic acids is 1. The highest BCUT2D eigenvalue weighted by Crippen LogP contribution is 2.27. The third kappa shape index (κ3) is 3.56. The monoisotopic (exact) mass is 235 g/mol. The molecule has 1 atom stereocenters. The molecule has 0 aromatic heterocycles. The Morgan fingerprint density at radius 1 is 1.35 bits per heavy atom. The molecule has 1 aromatic carbocycles. The van der Waals surface area contributed by atoms with Crippen molar-refractivity contribution in [3.05, 3.63) is 34.9 Å². The first kappa shape index (κ1) is 13.7. The normalized spacial score (nSPS) is 12.8. The predicted octanol–water partition coefficient (Wildman–Crippen LogP) is 2.85. The Morgan fingerprint density at radius 2 is 2.00 bits per heavy atom. The molecule has 0 bridgehead atoms. The highest BCUT2D eigenvalue weighted by Gasteiger charge is 2.16. The molecule has 17 heavy (non-hydrogen) atoms. The van der Waals surface area contributed by atoms with Crippen LogP contribution in [0.4, 0.5) is 0 Å². The van der Waals surface area contributed by atoms with Gasteiger partial charge in [0.15, 0.2) is 0 Å². The number of rotatable bonds is 5. The number of aryl methyl sites for hydroxylation is 1. The maximum absolute atomic E-state index is 10.7. The summed E-state index contributed by atoms with van der Waals surface area (Å²) in [6.07, 6.45) is 0.915. The first-order valence-corrected chi connectivity index (χ1v) is 6.05. The molecular formula is C14H21NO2. The number of hydrogen-bond acceptors (Lipinski definition) is 2. The van der Waals surface area contributed by atoms with Gasteiger partial charge < -0.3 is 10.8 Å². The largest absolute Gasteiger partial charge is 0.481 e. The van der Waals surface area contributed by atoms with Crippen LogP contribution >= 0.6 is 0 Å². The summed E-state index contributed by atoms with van der Waals surface area (Å²) in [5.74, 6) is -0.496. The Hall–Kier alpha value is -1.35. The summed E-state index contributed by atoms with van der Waals surface area (Å²) in [4.78, 5) is 10.7. The van der Waals surface area contributed by atoms with E-state index in [4.69, 9.17) is 10.8 Å². The molecule has 0 saturated carbocycles. The van der Waals surface area contributed by atoms with E-state index in [1.807, 2.05) is 6.07 Å². The number of nitrogens with two attached hydrogens (primary N) is 1. The maximum Gasteiger partial charge on any atom is 0.305 e. The fourth-order valence-electron chi connectivity index (χ4n) is 1.99. The highest BCUT2D eigenvalue weighted by atomic mass is 16.4. The molecule has 1 unspecified atom stereocenters. The van der Waals surface area contributed by atoms with Gasteiger partial charge >= 0.3 is 5.97 Å². The Morgan fingerprint density at radius 3 is 2.47 bits per heavy atom. The number of carbonyl (C=O) groups is 1. The number of carboxylic acids is 1. The number of hydrogen-bond donors (Lipinski definition) is 2. The van der Waals surface area contributed by atoms with Gasteiger partial charge in [0.1, 0.15) is 0 Å². The van der Waals surface area contributed by atoms with Gasteiger partial charge in [-0.3, -0.25) is 4.79 Å². The van der Waals surface area contributed by atoms with Crippen LogP contribution in [0.1, 0.15) is 55.8 Å². The molecule has 0 heterocycles. The van der Waals surface area contributed by atoms with Crippen LogP contribution in [-0.2, 0) is 11.2 Å². The molecular weight excluding hydrogens is 214 g/mol. The summed E-state index contributed by atoms with van der Waals surface area (Å²) in [6, 6.07) is 5.78. The van der Waals surface area contributed by atoms with Gasteiger partial charge in [-0.05, 0) is 29.0 Å². The molecule has 1 rings (SSSR count). The molecule has 0 fully saturated rings. The minimum atomic E-state index is -0.853. The SMILES string of the molecule is CCc1ccc(C(C)C)c(C(N)CC(=O)O)c1. The van der Waals surface area contributed by atoms with E-state index in [0.29, 0.717) is 5.92 Å². The quantitative estimate of drug-likeness (QED) is 0.824. The Labute approximate surface area is 103 Å². The van der Waals surface area contributed by atoms with E-state index >= 15 is 0 Å². The van der Waals surface area contributed by atoms with Crippen molar-refractivity contribution in [1.82, 2.24) is 0 Å². The van der Waals surface area contributed by atoms with E-state index in [0.717, 1.165) is 17.5 Å². The van der Waals surface area contributed by atoms with Crippen molar-refractivity contribution in [2.75, 3.05) is 0 Å². The molecule has 94 valence electrons. The van der Waals surface area contributed by atoms with Gasteiger partial charge in [0.2, 0.25) is 0 Å². The third-order valence-electron chi connectivity index (χ3n) is 2.98. The second kappa shape index (κ2) is 5.82. The maximum atomic E-state index is 10.7. The van der Waals surface area contributed by atoms with Gasteiger partial charge in [-0.25, -0.2) is 0 Å². The van der Waals surface area contributed by atoms with Gasteiger partial charge in [-0.2, -0.15) is 0 Å². The molecule has 1 aromatic rings. The van der Waals surface area contributed by atoms with Gasteiger partial charge in [-0.1, -0.05) is 39.0 Å². The second-order valence-corrected chi connectivity index (χ2v) is 4.68. The molecule has 0 amide bonds. The number of benzene rings is 1. The minimum absolute atomic E-state index is 0.0209. The van der Waals surface area contributed by atoms with Gasteiger partial charge in [0.05, 0.1) is 6.42 Å². The average molecular weight is 235 g/mol. The van der Waals surface area contributed by atoms with Crippen molar-refractivity contribution in [1.29, 1.82) is 0 Å². The second-order valence-electron chi connectivity index (χ2n) is 4.68. The first-order valence-electron chi connectivity index (χ1n) is 6.05. The van der Waals surface area contributed by atoms with Crippen molar-refractivity contribution in [2.45, 2.75) is 45.6 Å². The fourth-order valence-corrected chi connectivity index (χ4v) is 1.99. The van der Waals surface area contributed by atoms with Crippen LogP contribution < -0.4 is 5.73 Å². The van der Waals surface area contributed by atoms with Crippen molar-refractivity contribution in [2.24, 2.45) is 5.73 Å². The smallest absolute Gasteiger partial charge is 0.305 e. The Balaban J connectivity index is 3.12. The fraction of sp³-hybridized carbons (Fsp3) is 0.500. The molecule has 0 saturated heterocycles. The van der Waals surface area contributed by atoms with Crippen molar-refractivity contribution < 1.29 is 9.90 Å². The van der Waals surface area contributed by atoms with Crippen molar-refractivity contribution >= 4 is 5.97 Å². The van der Waals surface area contributed by atoms with E-state index in [1.165, 1.54) is 5.56 Å². The number of carboxylic acid groups (broad SMARTS) is 1. The lowest BCUT2D eigenvalue weighted by Gasteiger charge is -2.18. The lowest BCUT2D eigenvalue weighted by atomic mass is 9.90. The van der Waals surface area contributed by atoms with E-state index in [1.54, 1.807) is 0 Å². The molecule has 3 N–H and O–H groups in total. The van der Waals surface area contributed by atoms with E-state index in [-0.39, 0.29) is 6.42 Å². The van der Waals surface area contributed by atoms with E-state index < -0.39 is 12.0 Å². The van der Waals surface area contributed by atoms with Gasteiger partial charge in [-0.15, -0.1) is 0 Å². The van der Waals surface area contributed by atoms with Crippen LogP contribution in [0.3, 0.4) is 0 Å². The summed E-state index contributed by atoms with van der Waals surface area (Å²) < 4.78 is 0. The Bertz CT molecular complexity index is 399. The minimum Gasteiger partial charge on any atom is -0.481 e. The summed E-state index contributed by atoms with van der Waals surface area (Å²) in [7, 11) is 0. The first-order chi connectivity index (χ1) is 7.95. The van der Waals surface area contributed by atoms with Crippen LogP contribution in [0, 0.1) is 0 Å². The standard InChI is InChI=1S/C14H21NO2/c1-4-10-5-6-11(9(2)3)12(7-10)13(15)8-14(16)17/h5-7,9,13H,4,8,15H2,1-3H3,(H,16,17).